The second-order valence-corrected chi connectivity index (χ2v) is 8.70. The van der Waals surface area contributed by atoms with Gasteiger partial charge in [-0.15, -0.1) is 0 Å². The van der Waals surface area contributed by atoms with Crippen molar-refractivity contribution in [1.29, 1.82) is 0 Å². The van der Waals surface area contributed by atoms with Crippen molar-refractivity contribution in [3.05, 3.63) is 47.5 Å². The summed E-state index contributed by atoms with van der Waals surface area (Å²) in [5, 5.41) is 3.57. The van der Waals surface area contributed by atoms with Crippen molar-refractivity contribution >= 4 is 5.69 Å². The molecule has 0 aliphatic carbocycles. The van der Waals surface area contributed by atoms with Gasteiger partial charge < -0.3 is 29.2 Å². The van der Waals surface area contributed by atoms with Crippen LogP contribution < -0.4 is 24.4 Å². The van der Waals surface area contributed by atoms with Crippen LogP contribution in [0.5, 0.6) is 17.2 Å². The first-order chi connectivity index (χ1) is 14.8. The summed E-state index contributed by atoms with van der Waals surface area (Å²) in [6, 6.07) is 12.9. The fourth-order valence-electron chi connectivity index (χ4n) is 5.36. The highest BCUT2D eigenvalue weighted by molar-refractivity contribution is 5.70. The van der Waals surface area contributed by atoms with Crippen molar-refractivity contribution in [2.24, 2.45) is 0 Å². The summed E-state index contributed by atoms with van der Waals surface area (Å²) in [5.41, 5.74) is 3.76. The largest absolute Gasteiger partial charge is 0.492 e. The molecule has 6 heteroatoms. The van der Waals surface area contributed by atoms with Crippen LogP contribution in [0.4, 0.5) is 5.69 Å². The number of rotatable bonds is 6. The first kappa shape index (κ1) is 18.3. The number of ether oxygens (including phenoxy) is 4. The molecule has 0 bridgehead atoms. The number of benzene rings is 2. The average molecular weight is 408 g/mol. The zero-order valence-corrected chi connectivity index (χ0v) is 17.2. The van der Waals surface area contributed by atoms with Gasteiger partial charge in [0.05, 0.1) is 11.5 Å². The van der Waals surface area contributed by atoms with Gasteiger partial charge in [0, 0.05) is 43.6 Å². The minimum absolute atomic E-state index is 0.141. The Morgan fingerprint density at radius 1 is 1.03 bits per heavy atom. The Morgan fingerprint density at radius 2 is 1.93 bits per heavy atom. The SMILES string of the molecule is c1ccc2c(c1)N(CCCNCC1CCCO1)CC21COc2cc3c(cc21)OCO3. The number of fused-ring (bicyclic) bond motifs is 5. The molecule has 0 radical (unpaired) electrons. The number of nitrogens with zero attached hydrogens (tertiary/aromatic N) is 1. The predicted molar refractivity (Wildman–Crippen MR) is 114 cm³/mol. The zero-order chi connectivity index (χ0) is 20.0. The van der Waals surface area contributed by atoms with Gasteiger partial charge in [-0.05, 0) is 43.5 Å². The van der Waals surface area contributed by atoms with Gasteiger partial charge in [0.1, 0.15) is 12.4 Å². The van der Waals surface area contributed by atoms with Crippen LogP contribution in [-0.2, 0) is 10.2 Å². The second kappa shape index (κ2) is 7.36. The van der Waals surface area contributed by atoms with E-state index in [0.717, 1.165) is 56.5 Å². The van der Waals surface area contributed by atoms with Crippen LogP contribution in [0.3, 0.4) is 0 Å². The molecule has 4 aliphatic rings. The normalized spacial score (nSPS) is 25.6. The molecule has 1 N–H and O–H groups in total. The van der Waals surface area contributed by atoms with Gasteiger partial charge in [-0.25, -0.2) is 0 Å². The molecule has 0 saturated carbocycles. The summed E-state index contributed by atoms with van der Waals surface area (Å²) in [4.78, 5) is 2.52. The zero-order valence-electron chi connectivity index (χ0n) is 17.2. The third-order valence-electron chi connectivity index (χ3n) is 6.86. The van der Waals surface area contributed by atoms with E-state index in [1.165, 1.54) is 29.7 Å². The molecule has 4 aliphatic heterocycles. The summed E-state index contributed by atoms with van der Waals surface area (Å²) < 4.78 is 23.1. The minimum atomic E-state index is -0.141. The van der Waals surface area contributed by atoms with Crippen LogP contribution in [0, 0.1) is 0 Å². The molecule has 0 aromatic heterocycles. The number of para-hydroxylation sites is 1. The van der Waals surface area contributed by atoms with Gasteiger partial charge in [-0.1, -0.05) is 18.2 Å². The third kappa shape index (κ3) is 2.93. The fourth-order valence-corrected chi connectivity index (χ4v) is 5.36. The van der Waals surface area contributed by atoms with Gasteiger partial charge >= 0.3 is 0 Å². The van der Waals surface area contributed by atoms with Gasteiger partial charge in [0.25, 0.3) is 0 Å². The van der Waals surface area contributed by atoms with E-state index in [2.05, 4.69) is 40.5 Å². The van der Waals surface area contributed by atoms with Crippen LogP contribution in [0.15, 0.2) is 36.4 Å². The molecule has 6 nitrogen and oxygen atoms in total. The lowest BCUT2D eigenvalue weighted by Gasteiger charge is -2.25. The van der Waals surface area contributed by atoms with E-state index in [-0.39, 0.29) is 12.2 Å². The second-order valence-electron chi connectivity index (χ2n) is 8.70. The standard InChI is InChI=1S/C24H28N2O4/c1-2-7-20-18(6-1)24(14-26(20)9-4-8-25-13-17-5-3-10-27-17)15-28-21-12-23-22(11-19(21)24)29-16-30-23/h1-2,6-7,11-12,17,25H,3-5,8-10,13-16H2. The van der Waals surface area contributed by atoms with Crippen LogP contribution in [-0.4, -0.2) is 52.3 Å². The number of anilines is 1. The van der Waals surface area contributed by atoms with Crippen molar-refractivity contribution in [2.75, 3.05) is 51.1 Å². The molecule has 1 saturated heterocycles. The van der Waals surface area contributed by atoms with Crippen molar-refractivity contribution in [1.82, 2.24) is 5.32 Å². The Kier molecular flexibility index (Phi) is 4.50. The fraction of sp³-hybridized carbons (Fsp3) is 0.500. The van der Waals surface area contributed by atoms with E-state index in [0.29, 0.717) is 12.7 Å². The molecule has 2 aromatic rings. The maximum absolute atomic E-state index is 6.18. The van der Waals surface area contributed by atoms with Crippen LogP contribution in [0.25, 0.3) is 0 Å². The van der Waals surface area contributed by atoms with Crippen molar-refractivity contribution in [3.63, 3.8) is 0 Å². The van der Waals surface area contributed by atoms with Gasteiger partial charge in [-0.3, -0.25) is 0 Å². The highest BCUT2D eigenvalue weighted by Gasteiger charge is 2.50. The van der Waals surface area contributed by atoms with Crippen molar-refractivity contribution < 1.29 is 18.9 Å². The Morgan fingerprint density at radius 3 is 2.83 bits per heavy atom. The minimum Gasteiger partial charge on any atom is -0.492 e. The van der Waals surface area contributed by atoms with Crippen molar-refractivity contribution in [2.45, 2.75) is 30.8 Å². The van der Waals surface area contributed by atoms with Gasteiger partial charge in [0.15, 0.2) is 11.5 Å². The van der Waals surface area contributed by atoms with E-state index in [9.17, 15) is 0 Å². The highest BCUT2D eigenvalue weighted by Crippen LogP contribution is 2.54. The summed E-state index contributed by atoms with van der Waals surface area (Å²) in [6.07, 6.45) is 3.89. The molecule has 1 spiro atoms. The number of nitrogens with one attached hydrogen (secondary N) is 1. The Bertz CT molecular complexity index is 943. The molecule has 6 rings (SSSR count). The molecular weight excluding hydrogens is 380 g/mol. The van der Waals surface area contributed by atoms with E-state index in [4.69, 9.17) is 18.9 Å². The maximum atomic E-state index is 6.18. The van der Waals surface area contributed by atoms with Crippen molar-refractivity contribution in [3.8, 4) is 17.2 Å². The van der Waals surface area contributed by atoms with E-state index >= 15 is 0 Å². The maximum Gasteiger partial charge on any atom is 0.231 e. The van der Waals surface area contributed by atoms with Gasteiger partial charge in [0.2, 0.25) is 6.79 Å². The average Bonchev–Trinajstić information content (AvgIpc) is 3.55. The van der Waals surface area contributed by atoms with Crippen LogP contribution in [0.2, 0.25) is 0 Å². The summed E-state index contributed by atoms with van der Waals surface area (Å²) >= 11 is 0. The molecular formula is C24H28N2O4. The lowest BCUT2D eigenvalue weighted by Crippen LogP contribution is -2.37. The lowest BCUT2D eigenvalue weighted by molar-refractivity contribution is 0.110. The molecule has 0 amide bonds. The molecule has 4 heterocycles. The Labute approximate surface area is 177 Å². The third-order valence-corrected chi connectivity index (χ3v) is 6.86. The molecule has 2 unspecified atom stereocenters. The summed E-state index contributed by atoms with van der Waals surface area (Å²) in [7, 11) is 0. The molecule has 2 atom stereocenters. The Hall–Kier alpha value is -2.44. The van der Waals surface area contributed by atoms with E-state index in [1.807, 2.05) is 6.07 Å². The molecule has 2 aromatic carbocycles. The highest BCUT2D eigenvalue weighted by atomic mass is 16.7. The van der Waals surface area contributed by atoms with Crippen LogP contribution >= 0.6 is 0 Å². The van der Waals surface area contributed by atoms with Gasteiger partial charge in [-0.2, -0.15) is 0 Å². The van der Waals surface area contributed by atoms with E-state index < -0.39 is 0 Å². The smallest absolute Gasteiger partial charge is 0.231 e. The predicted octanol–water partition coefficient (Wildman–Crippen LogP) is 3.07. The lowest BCUT2D eigenvalue weighted by atomic mass is 9.77. The molecule has 30 heavy (non-hydrogen) atoms. The number of hydrogen-bond donors (Lipinski definition) is 1. The molecule has 1 fully saturated rings. The topological polar surface area (TPSA) is 52.2 Å². The quantitative estimate of drug-likeness (QED) is 0.742. The first-order valence-corrected chi connectivity index (χ1v) is 11.1. The number of hydrogen-bond acceptors (Lipinski definition) is 6. The Balaban J connectivity index is 1.19. The van der Waals surface area contributed by atoms with Crippen LogP contribution in [0.1, 0.15) is 30.4 Å². The summed E-state index contributed by atoms with van der Waals surface area (Å²) in [6.45, 7) is 5.81. The van der Waals surface area contributed by atoms with E-state index in [1.54, 1.807) is 0 Å². The molecule has 158 valence electrons. The summed E-state index contributed by atoms with van der Waals surface area (Å²) in [5.74, 6) is 2.54. The first-order valence-electron chi connectivity index (χ1n) is 11.1. The monoisotopic (exact) mass is 408 g/mol.